The number of nitrogens with zero attached hydrogens (tertiary/aromatic N) is 12. The molecule has 0 atom stereocenters. The second-order valence-electron chi connectivity index (χ2n) is 30.2. The van der Waals surface area contributed by atoms with Gasteiger partial charge >= 0.3 is 0 Å². The number of nitriles is 4. The van der Waals surface area contributed by atoms with Crippen molar-refractivity contribution in [1.82, 2.24) is 0 Å². The molecule has 0 amide bonds. The number of anilines is 12. The first-order valence-corrected chi connectivity index (χ1v) is 39.6. The minimum atomic E-state index is -1.57. The molecule has 0 fully saturated rings. The Morgan fingerprint density at radius 3 is 0.557 bits per heavy atom. The maximum atomic E-state index is 10.6. The van der Waals surface area contributed by atoms with Gasteiger partial charge in [0.1, 0.15) is 0 Å². The largest absolute Gasteiger partial charge is 0.310 e. The molecule has 562 valence electrons. The van der Waals surface area contributed by atoms with E-state index < -0.39 is 10.8 Å². The summed E-state index contributed by atoms with van der Waals surface area (Å²) in [6, 6.07) is 137. The lowest BCUT2D eigenvalue weighted by molar-refractivity contribution is 0.438. The van der Waals surface area contributed by atoms with Crippen LogP contribution in [0.3, 0.4) is 0 Å². The van der Waals surface area contributed by atoms with Crippen LogP contribution in [0.25, 0.3) is 84.7 Å². The number of rotatable bonds is 15. The topological polar surface area (TPSA) is 126 Å². The van der Waals surface area contributed by atoms with Gasteiger partial charge in [0, 0.05) is 67.0 Å². The smallest absolute Gasteiger partial charge is 0.187 e. The van der Waals surface area contributed by atoms with E-state index in [1.54, 1.807) is 0 Å². The SMILES string of the molecule is [C-]#[N+]c1ccc(N(c2ccc(C#N)cc2)c2cc3c(c4ccccc24)-c2c(cc(N(c4ccc(C#N)cc4)c4ccc([N+]#[C-])cc4)c4ccccc24)C3(c2ccccc2)C2(c3ccccc3)c3cc(N(c4ccc(C#N)cc4)c4ccc([N+]#[C-])cc4)c4ccccc4c3-c3c2cc(N(c2ccc(C#N)cc2)c2ccc([N+]#[C-])cc2)c2ccccc32)cc1. The van der Waals surface area contributed by atoms with E-state index in [0.29, 0.717) is 45.0 Å². The van der Waals surface area contributed by atoms with Gasteiger partial charge in [0.2, 0.25) is 0 Å². The quantitative estimate of drug-likeness (QED) is 0.0929. The Morgan fingerprint density at radius 1 is 0.205 bits per heavy atom. The minimum absolute atomic E-state index is 0.462. The fraction of sp³-hybridized carbons (Fsp3) is 0.0182. The molecule has 12 nitrogen and oxygen atoms in total. The van der Waals surface area contributed by atoms with E-state index in [1.165, 1.54) is 0 Å². The summed E-state index contributed by atoms with van der Waals surface area (Å²) in [6.45, 7) is 33.1. The first-order valence-electron chi connectivity index (χ1n) is 39.6. The molecular formula is C110H62N12. The molecule has 0 aromatic heterocycles. The van der Waals surface area contributed by atoms with Crippen molar-refractivity contribution >= 4 is 134 Å². The molecule has 0 saturated heterocycles. The molecule has 0 saturated carbocycles. The van der Waals surface area contributed by atoms with Crippen molar-refractivity contribution in [2.24, 2.45) is 0 Å². The second kappa shape index (κ2) is 29.8. The Bertz CT molecular complexity index is 6580. The predicted octanol–water partition coefficient (Wildman–Crippen LogP) is 29.2. The van der Waals surface area contributed by atoms with E-state index in [2.05, 4.69) is 245 Å². The lowest BCUT2D eigenvalue weighted by atomic mass is 9.49. The van der Waals surface area contributed by atoms with Crippen LogP contribution >= 0.6 is 0 Å². The fourth-order valence-corrected chi connectivity index (χ4v) is 19.1. The van der Waals surface area contributed by atoms with Crippen LogP contribution in [0, 0.1) is 71.6 Å². The molecule has 0 aliphatic heterocycles. The molecule has 2 aliphatic carbocycles. The zero-order valence-corrected chi connectivity index (χ0v) is 65.2. The number of hydrogen-bond donors (Lipinski definition) is 0. The molecule has 122 heavy (non-hydrogen) atoms. The maximum Gasteiger partial charge on any atom is 0.187 e. The first kappa shape index (κ1) is 73.0. The van der Waals surface area contributed by atoms with Gasteiger partial charge in [-0.15, -0.1) is 0 Å². The lowest BCUT2D eigenvalue weighted by Crippen LogP contribution is -2.50. The Balaban J connectivity index is 1.07. The Hall–Kier alpha value is -17.9. The molecule has 0 N–H and O–H groups in total. The van der Waals surface area contributed by atoms with E-state index in [0.717, 1.165) is 167 Å². The van der Waals surface area contributed by atoms with Crippen LogP contribution < -0.4 is 19.6 Å². The highest BCUT2D eigenvalue weighted by atomic mass is 15.2. The van der Waals surface area contributed by atoms with Gasteiger partial charge in [-0.1, -0.05) is 206 Å². The van der Waals surface area contributed by atoms with Gasteiger partial charge in [0.05, 0.1) is 106 Å². The normalized spacial score (nSPS) is 12.2. The third-order valence-electron chi connectivity index (χ3n) is 24.1. The van der Waals surface area contributed by atoms with Crippen molar-refractivity contribution in [3.63, 3.8) is 0 Å². The zero-order valence-electron chi connectivity index (χ0n) is 65.2. The predicted molar refractivity (Wildman–Crippen MR) is 489 cm³/mol. The molecule has 2 aliphatic rings. The molecule has 18 aromatic carbocycles. The van der Waals surface area contributed by atoms with Gasteiger partial charge in [-0.2, -0.15) is 21.0 Å². The minimum Gasteiger partial charge on any atom is -0.310 e. The summed E-state index contributed by atoms with van der Waals surface area (Å²) in [4.78, 5) is 24.7. The van der Waals surface area contributed by atoms with Crippen molar-refractivity contribution in [3.8, 4) is 46.5 Å². The highest BCUT2D eigenvalue weighted by molar-refractivity contribution is 6.22. The summed E-state index contributed by atoms with van der Waals surface area (Å²) in [5.74, 6) is 0. The third-order valence-corrected chi connectivity index (χ3v) is 24.1. The van der Waals surface area contributed by atoms with Gasteiger partial charge in [0.15, 0.2) is 22.7 Å². The van der Waals surface area contributed by atoms with E-state index in [1.807, 2.05) is 194 Å². The Morgan fingerprint density at radius 2 is 0.377 bits per heavy atom. The molecule has 18 aromatic rings. The van der Waals surface area contributed by atoms with Crippen LogP contribution in [0.1, 0.15) is 55.6 Å². The average molecular weight is 1550 g/mol. The van der Waals surface area contributed by atoms with Gasteiger partial charge in [0.25, 0.3) is 0 Å². The number of benzene rings is 18. The molecule has 20 rings (SSSR count). The summed E-state index contributed by atoms with van der Waals surface area (Å²) in [6.07, 6.45) is 0. The van der Waals surface area contributed by atoms with E-state index in [-0.39, 0.29) is 0 Å². The standard InChI is InChI=1S/C110H62N12/c1-115-77-39-55-85(56-40-77)119(81-47-31-71(67-111)32-48-81)101-63-97-105(93-27-15-11-23-89(93)101)106-94-28-16-12-24-90(94)102(120(82-49-33-72(68-112)34-50-82)86-57-41-78(116-2)42-58-86)64-98(106)109(97,75-19-7-5-8-20-75)110(76-21-9-6-10-22-76)99-65-103(121(83-51-35-73(69-113)36-52-83)87-59-43-79(117-3)44-60-87)91-25-13-17-29-95(91)107(99)108-96-30-18-14-26-92(96)104(66-100(108)110)122(84-53-37-74(70-114)38-54-84)88-61-45-80(118-4)46-62-88/h5-66H. The molecule has 0 radical (unpaired) electrons. The molecule has 0 heterocycles. The van der Waals surface area contributed by atoms with E-state index in [9.17, 15) is 21.0 Å². The summed E-state index contributed by atoms with van der Waals surface area (Å²) in [5, 5.41) is 49.6. The summed E-state index contributed by atoms with van der Waals surface area (Å²) in [7, 11) is 0. The molecule has 12 heteroatoms. The Labute approximate surface area is 705 Å². The van der Waals surface area contributed by atoms with E-state index in [4.69, 9.17) is 26.3 Å². The molecule has 0 unspecified atom stereocenters. The van der Waals surface area contributed by atoms with Gasteiger partial charge < -0.3 is 19.6 Å². The van der Waals surface area contributed by atoms with Crippen molar-refractivity contribution in [3.05, 3.63) is 477 Å². The van der Waals surface area contributed by atoms with Crippen LogP contribution in [0.5, 0.6) is 0 Å². The van der Waals surface area contributed by atoms with Gasteiger partial charge in [-0.3, -0.25) is 0 Å². The first-order chi connectivity index (χ1) is 60.1. The van der Waals surface area contributed by atoms with Crippen LogP contribution in [0.2, 0.25) is 0 Å². The summed E-state index contributed by atoms with van der Waals surface area (Å²) >= 11 is 0. The Kier molecular flexibility index (Phi) is 17.8. The maximum absolute atomic E-state index is 10.6. The highest BCUT2D eigenvalue weighted by Gasteiger charge is 2.66. The van der Waals surface area contributed by atoms with Gasteiger partial charge in [-0.25, -0.2) is 19.4 Å². The van der Waals surface area contributed by atoms with Crippen molar-refractivity contribution in [2.45, 2.75) is 10.8 Å². The number of fused-ring (bicyclic) bond motifs is 14. The van der Waals surface area contributed by atoms with Crippen LogP contribution in [-0.4, -0.2) is 0 Å². The number of hydrogen-bond acceptors (Lipinski definition) is 8. The summed E-state index contributed by atoms with van der Waals surface area (Å²) in [5.41, 5.74) is 19.2. The van der Waals surface area contributed by atoms with Gasteiger partial charge in [-0.05, 0) is 247 Å². The van der Waals surface area contributed by atoms with Crippen molar-refractivity contribution in [2.75, 3.05) is 19.6 Å². The second-order valence-corrected chi connectivity index (χ2v) is 30.2. The van der Waals surface area contributed by atoms with Crippen molar-refractivity contribution < 1.29 is 0 Å². The van der Waals surface area contributed by atoms with Crippen LogP contribution in [-0.2, 0) is 10.8 Å². The van der Waals surface area contributed by atoms with Crippen LogP contribution in [0.15, 0.2) is 376 Å². The van der Waals surface area contributed by atoms with Crippen LogP contribution in [0.4, 0.5) is 91.0 Å². The van der Waals surface area contributed by atoms with E-state index >= 15 is 0 Å². The third kappa shape index (κ3) is 11.4. The molecule has 0 bridgehead atoms. The monoisotopic (exact) mass is 1550 g/mol. The zero-order chi connectivity index (χ0) is 82.7. The molecular weight excluding hydrogens is 1490 g/mol. The van der Waals surface area contributed by atoms with Crippen molar-refractivity contribution in [1.29, 1.82) is 21.0 Å². The lowest BCUT2D eigenvalue weighted by Gasteiger charge is -2.51. The fourth-order valence-electron chi connectivity index (χ4n) is 19.1. The highest BCUT2D eigenvalue weighted by Crippen LogP contribution is 2.74. The molecule has 0 spiro atoms. The average Bonchev–Trinajstić information content (AvgIpc) is 1.46. The summed E-state index contributed by atoms with van der Waals surface area (Å²) < 4.78 is 0.